The number of amides is 1. The third-order valence-corrected chi connectivity index (χ3v) is 2.31. The van der Waals surface area contributed by atoms with E-state index in [1.54, 1.807) is 0 Å². The van der Waals surface area contributed by atoms with E-state index >= 15 is 0 Å². The Morgan fingerprint density at radius 1 is 1.50 bits per heavy atom. The van der Waals surface area contributed by atoms with E-state index in [1.807, 2.05) is 6.92 Å². The van der Waals surface area contributed by atoms with Crippen LogP contribution in [0.3, 0.4) is 0 Å². The van der Waals surface area contributed by atoms with Crippen LogP contribution < -0.4 is 0 Å². The Bertz CT molecular complexity index is 195. The van der Waals surface area contributed by atoms with Crippen molar-refractivity contribution in [1.29, 1.82) is 0 Å². The van der Waals surface area contributed by atoms with Crippen molar-refractivity contribution >= 4 is 29.1 Å². The molecule has 1 aliphatic heterocycles. The van der Waals surface area contributed by atoms with Crippen molar-refractivity contribution in [1.82, 2.24) is 4.90 Å². The third-order valence-electron chi connectivity index (χ3n) is 1.94. The number of ether oxygens (including phenoxy) is 2. The van der Waals surface area contributed by atoms with Gasteiger partial charge in [0.05, 0.1) is 19.8 Å². The molecule has 1 fully saturated rings. The number of nitrogens with zero attached hydrogens (tertiary/aromatic N) is 1. The lowest BCUT2D eigenvalue weighted by Crippen LogP contribution is -2.40. The van der Waals surface area contributed by atoms with Crippen molar-refractivity contribution in [3.05, 3.63) is 0 Å². The Labute approximate surface area is 93.0 Å². The molecule has 1 amide bonds. The Kier molecular flexibility index (Phi) is 4.95. The van der Waals surface area contributed by atoms with E-state index < -0.39 is 4.84 Å². The summed E-state index contributed by atoms with van der Waals surface area (Å²) in [6.07, 6.45) is -0.342. The summed E-state index contributed by atoms with van der Waals surface area (Å²) in [5.74, 6) is -0.310. The van der Waals surface area contributed by atoms with Gasteiger partial charge in [-0.15, -0.1) is 0 Å². The van der Waals surface area contributed by atoms with Gasteiger partial charge in [0.1, 0.15) is 0 Å². The fourth-order valence-electron chi connectivity index (χ4n) is 1.21. The van der Waals surface area contributed by atoms with Crippen LogP contribution in [-0.4, -0.2) is 48.2 Å². The molecule has 0 spiro atoms. The molecular formula is C8H13Cl2NO3. The lowest BCUT2D eigenvalue weighted by Gasteiger charge is -2.23. The van der Waals surface area contributed by atoms with Crippen LogP contribution in [0.5, 0.6) is 0 Å². The number of carbonyl (C=O) groups is 1. The lowest BCUT2D eigenvalue weighted by molar-refractivity contribution is -0.135. The smallest absolute Gasteiger partial charge is 0.256 e. The van der Waals surface area contributed by atoms with Crippen molar-refractivity contribution in [3.63, 3.8) is 0 Å². The summed E-state index contributed by atoms with van der Waals surface area (Å²) in [4.78, 5) is 11.9. The van der Waals surface area contributed by atoms with Crippen molar-refractivity contribution in [2.75, 3.05) is 26.3 Å². The van der Waals surface area contributed by atoms with E-state index in [4.69, 9.17) is 32.7 Å². The molecule has 6 heteroatoms. The van der Waals surface area contributed by atoms with E-state index in [1.165, 1.54) is 4.90 Å². The monoisotopic (exact) mass is 241 g/mol. The van der Waals surface area contributed by atoms with Gasteiger partial charge in [0.25, 0.3) is 5.91 Å². The van der Waals surface area contributed by atoms with Gasteiger partial charge in [-0.2, -0.15) is 0 Å². The molecule has 0 N–H and O–H groups in total. The van der Waals surface area contributed by atoms with E-state index in [-0.39, 0.29) is 12.2 Å². The van der Waals surface area contributed by atoms with Gasteiger partial charge in [-0.1, -0.05) is 23.2 Å². The van der Waals surface area contributed by atoms with Crippen molar-refractivity contribution in [2.24, 2.45) is 0 Å². The highest BCUT2D eigenvalue weighted by molar-refractivity contribution is 6.53. The quantitative estimate of drug-likeness (QED) is 0.690. The van der Waals surface area contributed by atoms with E-state index in [0.29, 0.717) is 26.3 Å². The summed E-state index contributed by atoms with van der Waals surface area (Å²) in [5.41, 5.74) is 0. The van der Waals surface area contributed by atoms with E-state index in [9.17, 15) is 4.79 Å². The molecule has 0 aromatic carbocycles. The summed E-state index contributed by atoms with van der Waals surface area (Å²) in [6.45, 7) is 3.91. The summed E-state index contributed by atoms with van der Waals surface area (Å²) in [5, 5.41) is 0. The van der Waals surface area contributed by atoms with Gasteiger partial charge in [-0.25, -0.2) is 0 Å². The molecule has 1 heterocycles. The highest BCUT2D eigenvalue weighted by Gasteiger charge is 2.24. The van der Waals surface area contributed by atoms with Gasteiger partial charge in [-0.3, -0.25) is 4.79 Å². The van der Waals surface area contributed by atoms with Gasteiger partial charge >= 0.3 is 0 Å². The van der Waals surface area contributed by atoms with Gasteiger partial charge in [0, 0.05) is 6.54 Å². The van der Waals surface area contributed by atoms with E-state index in [2.05, 4.69) is 0 Å². The number of rotatable bonds is 4. The van der Waals surface area contributed by atoms with E-state index in [0.717, 1.165) is 0 Å². The minimum atomic E-state index is -1.02. The molecular weight excluding hydrogens is 229 g/mol. The fraction of sp³-hybridized carbons (Fsp3) is 0.875. The second-order valence-electron chi connectivity index (χ2n) is 2.85. The summed E-state index contributed by atoms with van der Waals surface area (Å²) < 4.78 is 10.4. The van der Waals surface area contributed by atoms with Crippen LogP contribution in [0.25, 0.3) is 0 Å². The van der Waals surface area contributed by atoms with Crippen LogP contribution in [-0.2, 0) is 14.3 Å². The Morgan fingerprint density at radius 3 is 2.50 bits per heavy atom. The van der Waals surface area contributed by atoms with Gasteiger partial charge in [-0.05, 0) is 6.92 Å². The molecule has 4 nitrogen and oxygen atoms in total. The molecule has 1 aliphatic rings. The molecule has 1 rings (SSSR count). The minimum Gasteiger partial charge on any atom is -0.348 e. The summed E-state index contributed by atoms with van der Waals surface area (Å²) in [6, 6.07) is 0. The molecule has 0 aromatic rings. The maximum Gasteiger partial charge on any atom is 0.256 e. The highest BCUT2D eigenvalue weighted by atomic mass is 35.5. The zero-order valence-electron chi connectivity index (χ0n) is 7.91. The second-order valence-corrected chi connectivity index (χ2v) is 3.94. The zero-order chi connectivity index (χ0) is 10.6. The maximum absolute atomic E-state index is 11.4. The molecule has 0 aliphatic carbocycles. The number of likely N-dealkylation sites (N-methyl/N-ethyl adjacent to an activating group) is 1. The van der Waals surface area contributed by atoms with Crippen LogP contribution in [0.15, 0.2) is 0 Å². The van der Waals surface area contributed by atoms with Crippen molar-refractivity contribution in [3.8, 4) is 0 Å². The molecule has 1 saturated heterocycles. The number of hydrogen-bond acceptors (Lipinski definition) is 3. The first-order valence-electron chi connectivity index (χ1n) is 4.45. The largest absolute Gasteiger partial charge is 0.348 e. The van der Waals surface area contributed by atoms with Crippen LogP contribution >= 0.6 is 23.2 Å². The standard InChI is InChI=1S/C8H13Cl2NO3/c1-2-11(8(12)7(9)10)5-6-13-3-4-14-6/h6-7H,2-5H2,1H3. The predicted molar refractivity (Wildman–Crippen MR) is 53.4 cm³/mol. The lowest BCUT2D eigenvalue weighted by atomic mass is 10.4. The fourth-order valence-corrected chi connectivity index (χ4v) is 1.48. The van der Waals surface area contributed by atoms with Gasteiger partial charge in [0.15, 0.2) is 11.1 Å². The van der Waals surface area contributed by atoms with Gasteiger partial charge < -0.3 is 14.4 Å². The highest BCUT2D eigenvalue weighted by Crippen LogP contribution is 2.11. The SMILES string of the molecule is CCN(CC1OCCO1)C(=O)C(Cl)Cl. The number of halogens is 2. The van der Waals surface area contributed by atoms with Crippen LogP contribution in [0.4, 0.5) is 0 Å². The topological polar surface area (TPSA) is 38.8 Å². The van der Waals surface area contributed by atoms with Crippen LogP contribution in [0, 0.1) is 0 Å². The predicted octanol–water partition coefficient (Wildman–Crippen LogP) is 1.01. The zero-order valence-corrected chi connectivity index (χ0v) is 9.42. The second kappa shape index (κ2) is 5.75. The first-order valence-corrected chi connectivity index (χ1v) is 5.32. The van der Waals surface area contributed by atoms with Crippen molar-refractivity contribution in [2.45, 2.75) is 18.1 Å². The first-order chi connectivity index (χ1) is 6.65. The maximum atomic E-state index is 11.4. The average Bonchev–Trinajstić information content (AvgIpc) is 2.65. The third kappa shape index (κ3) is 3.28. The Morgan fingerprint density at radius 2 is 2.07 bits per heavy atom. The number of hydrogen-bond donors (Lipinski definition) is 0. The Hall–Kier alpha value is -0.0300. The number of carbonyl (C=O) groups excluding carboxylic acids is 1. The molecule has 0 aromatic heterocycles. The molecule has 14 heavy (non-hydrogen) atoms. The van der Waals surface area contributed by atoms with Gasteiger partial charge in [0.2, 0.25) is 0 Å². The summed E-state index contributed by atoms with van der Waals surface area (Å²) in [7, 11) is 0. The molecule has 0 atom stereocenters. The molecule has 0 radical (unpaired) electrons. The van der Waals surface area contributed by atoms with Crippen LogP contribution in [0.1, 0.15) is 6.92 Å². The first kappa shape index (κ1) is 12.0. The number of alkyl halides is 2. The van der Waals surface area contributed by atoms with Crippen molar-refractivity contribution < 1.29 is 14.3 Å². The Balaban J connectivity index is 2.41. The molecule has 82 valence electrons. The normalized spacial score (nSPS) is 17.7. The average molecular weight is 242 g/mol. The molecule has 0 unspecified atom stereocenters. The molecule has 0 bridgehead atoms. The van der Waals surface area contributed by atoms with Crippen LogP contribution in [0.2, 0.25) is 0 Å². The summed E-state index contributed by atoms with van der Waals surface area (Å²) >= 11 is 11.0. The minimum absolute atomic E-state index is 0.310. The molecule has 0 saturated carbocycles.